The molecule has 2 rings (SSSR count). The maximum atomic E-state index is 13.1. The first-order valence-corrected chi connectivity index (χ1v) is 10.3. The molecule has 2 aromatic carbocycles. The van der Waals surface area contributed by atoms with Gasteiger partial charge in [0.1, 0.15) is 22.9 Å². The Balaban J connectivity index is 2.34. The zero-order valence-electron chi connectivity index (χ0n) is 19.5. The second kappa shape index (κ2) is 11.3. The number of anilines is 1. The van der Waals surface area contributed by atoms with E-state index in [4.69, 9.17) is 30.8 Å². The van der Waals surface area contributed by atoms with E-state index in [1.807, 2.05) is 0 Å². The number of methoxy groups -OCH3 is 3. The molecule has 0 atom stereocenters. The van der Waals surface area contributed by atoms with Gasteiger partial charge in [-0.3, -0.25) is 14.4 Å². The van der Waals surface area contributed by atoms with E-state index in [-0.39, 0.29) is 24.3 Å². The first kappa shape index (κ1) is 26.4. The van der Waals surface area contributed by atoms with E-state index in [2.05, 4.69) is 5.32 Å². The molecule has 0 aromatic heterocycles. The highest BCUT2D eigenvalue weighted by atomic mass is 16.5. The fourth-order valence-corrected chi connectivity index (χ4v) is 3.10. The minimum atomic E-state index is -1.90. The van der Waals surface area contributed by atoms with E-state index in [9.17, 15) is 14.4 Å². The van der Waals surface area contributed by atoms with E-state index in [0.717, 1.165) is 0 Å². The Hall–Kier alpha value is -3.89. The van der Waals surface area contributed by atoms with Gasteiger partial charge < -0.3 is 36.1 Å². The number of Topliss-reactive ketones (excluding diaryl/α,β-unsaturated/α-hetero) is 1. The highest BCUT2D eigenvalue weighted by Crippen LogP contribution is 2.29. The number of allylic oxidation sites excluding steroid dienone is 1. The molecular weight excluding hydrogens is 442 g/mol. The molecule has 10 nitrogen and oxygen atoms in total. The molecular formula is C24H29N3O7. The number of aliphatic carboxylic acids is 1. The monoisotopic (exact) mass is 471 g/mol. The lowest BCUT2D eigenvalue weighted by atomic mass is 10.0. The molecule has 0 unspecified atom stereocenters. The number of ether oxygens (including phenoxy) is 3. The van der Waals surface area contributed by atoms with Crippen LogP contribution in [0.15, 0.2) is 42.0 Å². The Morgan fingerprint density at radius 1 is 1.00 bits per heavy atom. The highest BCUT2D eigenvalue weighted by Gasteiger charge is 2.30. The summed E-state index contributed by atoms with van der Waals surface area (Å²) in [6.07, 6.45) is 1.01. The summed E-state index contributed by atoms with van der Waals surface area (Å²) in [6, 6.07) is 9.84. The average molecular weight is 472 g/mol. The predicted molar refractivity (Wildman–Crippen MR) is 127 cm³/mol. The smallest absolute Gasteiger partial charge is 0.303 e. The third-order valence-electron chi connectivity index (χ3n) is 5.04. The number of hydrogen-bond donors (Lipinski definition) is 4. The number of amides is 1. The largest absolute Gasteiger partial charge is 0.497 e. The van der Waals surface area contributed by atoms with Crippen molar-refractivity contribution in [1.29, 1.82) is 0 Å². The summed E-state index contributed by atoms with van der Waals surface area (Å²) in [5.74, 6) is -0.911. The molecule has 0 aliphatic heterocycles. The molecule has 0 aliphatic rings. The topological polar surface area (TPSA) is 163 Å². The molecule has 0 bridgehead atoms. The third kappa shape index (κ3) is 6.56. The summed E-state index contributed by atoms with van der Waals surface area (Å²) in [4.78, 5) is 36.4. The number of carboxylic acids is 1. The number of rotatable bonds is 11. The van der Waals surface area contributed by atoms with E-state index in [1.165, 1.54) is 21.3 Å². The normalized spacial score (nSPS) is 11.5. The van der Waals surface area contributed by atoms with Crippen LogP contribution in [0.5, 0.6) is 17.2 Å². The highest BCUT2D eigenvalue weighted by molar-refractivity contribution is 6.12. The van der Waals surface area contributed by atoms with Crippen molar-refractivity contribution in [2.24, 2.45) is 11.5 Å². The molecule has 0 radical (unpaired) electrons. The van der Waals surface area contributed by atoms with Crippen molar-refractivity contribution in [2.75, 3.05) is 26.6 Å². The van der Waals surface area contributed by atoms with Gasteiger partial charge in [-0.25, -0.2) is 0 Å². The zero-order valence-corrected chi connectivity index (χ0v) is 19.5. The number of hydrogen-bond acceptors (Lipinski definition) is 8. The summed E-state index contributed by atoms with van der Waals surface area (Å²) in [5.41, 5.74) is 11.3. The Morgan fingerprint density at radius 2 is 1.65 bits per heavy atom. The fraction of sp³-hybridized carbons (Fsp3) is 0.292. The predicted octanol–water partition coefficient (Wildman–Crippen LogP) is 2.42. The van der Waals surface area contributed by atoms with Crippen molar-refractivity contribution in [3.05, 3.63) is 53.1 Å². The molecule has 0 heterocycles. The van der Waals surface area contributed by atoms with Crippen LogP contribution in [0.2, 0.25) is 0 Å². The fourth-order valence-electron chi connectivity index (χ4n) is 3.10. The quantitative estimate of drug-likeness (QED) is 0.219. The number of carbonyl (C=O) groups is 3. The van der Waals surface area contributed by atoms with Crippen molar-refractivity contribution in [3.8, 4) is 17.2 Å². The summed E-state index contributed by atoms with van der Waals surface area (Å²) in [6.45, 7) is 1.65. The van der Waals surface area contributed by atoms with Gasteiger partial charge in [0, 0.05) is 6.42 Å². The van der Waals surface area contributed by atoms with Crippen LogP contribution in [0, 0.1) is 0 Å². The number of nitrogens with one attached hydrogen (secondary N) is 1. The first-order chi connectivity index (χ1) is 16.0. The SMILES string of the molecule is COc1ccc(OC)c(C(=O)C(C)=Cc2ccc(OC)c(NC(=O)C(N)(N)CCC(=O)O)c2)c1. The Labute approximate surface area is 197 Å². The lowest BCUT2D eigenvalue weighted by Gasteiger charge is -2.23. The van der Waals surface area contributed by atoms with Gasteiger partial charge in [0.15, 0.2) is 5.78 Å². The second-order valence-electron chi connectivity index (χ2n) is 7.57. The standard InChI is InChI=1S/C24H29N3O7/c1-14(22(30)17-13-16(32-2)6-8-19(17)33-3)11-15-5-7-20(34-4)18(12-15)27-23(31)24(25,26)10-9-21(28)29/h5-8,11-13H,9-10,25-26H2,1-4H3,(H,27,31)(H,28,29). The van der Waals surface area contributed by atoms with Crippen LogP contribution in [0.25, 0.3) is 6.08 Å². The average Bonchev–Trinajstić information content (AvgIpc) is 2.82. The molecule has 0 aliphatic carbocycles. The summed E-state index contributed by atoms with van der Waals surface area (Å²) < 4.78 is 15.8. The van der Waals surface area contributed by atoms with E-state index in [0.29, 0.717) is 33.9 Å². The summed E-state index contributed by atoms with van der Waals surface area (Å²) in [7, 11) is 4.40. The minimum absolute atomic E-state index is 0.258. The van der Waals surface area contributed by atoms with Crippen molar-refractivity contribution in [2.45, 2.75) is 25.4 Å². The van der Waals surface area contributed by atoms with Crippen LogP contribution in [0.4, 0.5) is 5.69 Å². The van der Waals surface area contributed by atoms with E-state index in [1.54, 1.807) is 49.4 Å². The maximum Gasteiger partial charge on any atom is 0.303 e. The minimum Gasteiger partial charge on any atom is -0.497 e. The van der Waals surface area contributed by atoms with Crippen LogP contribution in [0.3, 0.4) is 0 Å². The number of benzene rings is 2. The zero-order chi connectivity index (χ0) is 25.5. The molecule has 10 heteroatoms. The van der Waals surface area contributed by atoms with Gasteiger partial charge in [-0.2, -0.15) is 0 Å². The molecule has 0 saturated heterocycles. The van der Waals surface area contributed by atoms with Crippen LogP contribution < -0.4 is 31.0 Å². The van der Waals surface area contributed by atoms with Crippen LogP contribution in [-0.4, -0.2) is 49.8 Å². The lowest BCUT2D eigenvalue weighted by molar-refractivity contribution is -0.137. The third-order valence-corrected chi connectivity index (χ3v) is 5.04. The second-order valence-corrected chi connectivity index (χ2v) is 7.57. The first-order valence-electron chi connectivity index (χ1n) is 10.3. The molecule has 0 fully saturated rings. The van der Waals surface area contributed by atoms with Crippen molar-refractivity contribution >= 4 is 29.4 Å². The van der Waals surface area contributed by atoms with Gasteiger partial charge in [0.25, 0.3) is 5.91 Å². The Kier molecular flexibility index (Phi) is 8.76. The molecule has 182 valence electrons. The van der Waals surface area contributed by atoms with Gasteiger partial charge >= 0.3 is 5.97 Å². The summed E-state index contributed by atoms with van der Waals surface area (Å²) in [5, 5.41) is 11.4. The van der Waals surface area contributed by atoms with Gasteiger partial charge in [-0.15, -0.1) is 0 Å². The molecule has 0 saturated carbocycles. The Bertz CT molecular complexity index is 1110. The maximum absolute atomic E-state index is 13.1. The molecule has 6 N–H and O–H groups in total. The van der Waals surface area contributed by atoms with Gasteiger partial charge in [-0.05, 0) is 60.9 Å². The lowest BCUT2D eigenvalue weighted by Crippen LogP contribution is -2.59. The Morgan fingerprint density at radius 3 is 2.24 bits per heavy atom. The van der Waals surface area contributed by atoms with E-state index >= 15 is 0 Å². The van der Waals surface area contributed by atoms with E-state index < -0.39 is 17.5 Å². The van der Waals surface area contributed by atoms with Crippen LogP contribution in [-0.2, 0) is 9.59 Å². The number of carbonyl (C=O) groups excluding carboxylic acids is 2. The van der Waals surface area contributed by atoms with Gasteiger partial charge in [0.05, 0.1) is 32.6 Å². The number of ketones is 1. The molecule has 0 spiro atoms. The number of nitrogens with two attached hydrogens (primary N) is 2. The van der Waals surface area contributed by atoms with Crippen LogP contribution >= 0.6 is 0 Å². The number of carboxylic acid groups (broad SMARTS) is 1. The molecule has 34 heavy (non-hydrogen) atoms. The van der Waals surface area contributed by atoms with Crippen molar-refractivity contribution < 1.29 is 33.7 Å². The van der Waals surface area contributed by atoms with Crippen LogP contribution in [0.1, 0.15) is 35.7 Å². The van der Waals surface area contributed by atoms with Gasteiger partial charge in [0.2, 0.25) is 0 Å². The molecule has 2 aromatic rings. The summed E-state index contributed by atoms with van der Waals surface area (Å²) >= 11 is 0. The van der Waals surface area contributed by atoms with Gasteiger partial charge in [-0.1, -0.05) is 6.07 Å². The molecule has 1 amide bonds. The van der Waals surface area contributed by atoms with Crippen molar-refractivity contribution in [3.63, 3.8) is 0 Å². The van der Waals surface area contributed by atoms with Crippen molar-refractivity contribution in [1.82, 2.24) is 0 Å².